The van der Waals surface area contributed by atoms with Crippen LogP contribution in [0.2, 0.25) is 0 Å². The van der Waals surface area contributed by atoms with Gasteiger partial charge >= 0.3 is 0 Å². The van der Waals surface area contributed by atoms with Crippen LogP contribution in [0.1, 0.15) is 34.5 Å². The fraction of sp³-hybridized carbons (Fsp3) is 0.273. The van der Waals surface area contributed by atoms with E-state index in [0.717, 1.165) is 24.1 Å². The Morgan fingerprint density at radius 2 is 2.03 bits per heavy atom. The van der Waals surface area contributed by atoms with Crippen molar-refractivity contribution in [3.05, 3.63) is 82.2 Å². The van der Waals surface area contributed by atoms with Crippen LogP contribution < -0.4 is 16.2 Å². The summed E-state index contributed by atoms with van der Waals surface area (Å²) in [5.74, 6) is 0.167. The molecule has 0 atom stereocenters. The molecule has 0 unspecified atom stereocenters. The Morgan fingerprint density at radius 3 is 2.79 bits per heavy atom. The molecule has 1 saturated carbocycles. The molecule has 0 bridgehead atoms. The molecule has 2 aromatic heterocycles. The number of rotatable bonds is 7. The lowest BCUT2D eigenvalue weighted by Crippen LogP contribution is -2.27. The molecule has 2 heterocycles. The molecule has 3 aromatic rings. The van der Waals surface area contributed by atoms with Crippen LogP contribution in [-0.2, 0) is 6.42 Å². The van der Waals surface area contributed by atoms with Crippen LogP contribution in [0, 0.1) is 6.92 Å². The van der Waals surface area contributed by atoms with Gasteiger partial charge in [-0.25, -0.2) is 4.98 Å². The van der Waals surface area contributed by atoms with Gasteiger partial charge in [0.25, 0.3) is 11.5 Å². The number of aryl methyl sites for hydroxylation is 1. The highest BCUT2D eigenvalue weighted by molar-refractivity contribution is 5.95. The van der Waals surface area contributed by atoms with E-state index in [9.17, 15) is 9.59 Å². The van der Waals surface area contributed by atoms with Gasteiger partial charge in [-0.05, 0) is 49.6 Å². The molecule has 7 nitrogen and oxygen atoms in total. The number of hydrogen-bond donors (Lipinski definition) is 2. The molecular weight excluding hydrogens is 366 g/mol. The van der Waals surface area contributed by atoms with E-state index in [1.54, 1.807) is 30.7 Å². The zero-order valence-electron chi connectivity index (χ0n) is 16.3. The first-order chi connectivity index (χ1) is 14.1. The Bertz CT molecular complexity index is 1070. The minimum atomic E-state index is -0.253. The van der Waals surface area contributed by atoms with Crippen LogP contribution in [0.3, 0.4) is 0 Å². The standard InChI is InChI=1S/C22H23N5O2/c1-15-5-6-16(21(28)26-18-7-8-18)14-19(15)27-13-12-25-20(22(27)29)24-11-9-17-4-2-3-10-23-17/h2-6,10,12-14,18H,7-9,11H2,1H3,(H,24,25)(H,26,28). The highest BCUT2D eigenvalue weighted by atomic mass is 16.2. The number of anilines is 1. The second-order valence-corrected chi connectivity index (χ2v) is 7.20. The molecule has 1 fully saturated rings. The normalized spacial score (nSPS) is 13.1. The van der Waals surface area contributed by atoms with Crippen molar-refractivity contribution in [2.45, 2.75) is 32.2 Å². The topological polar surface area (TPSA) is 88.9 Å². The van der Waals surface area contributed by atoms with Gasteiger partial charge in [0.05, 0.1) is 5.69 Å². The molecule has 0 radical (unpaired) electrons. The second kappa shape index (κ2) is 8.26. The predicted octanol–water partition coefficient (Wildman–Crippen LogP) is 2.48. The van der Waals surface area contributed by atoms with Crippen molar-refractivity contribution in [1.82, 2.24) is 19.9 Å². The third kappa shape index (κ3) is 4.51. The summed E-state index contributed by atoms with van der Waals surface area (Å²) >= 11 is 0. The fourth-order valence-electron chi connectivity index (χ4n) is 3.08. The summed E-state index contributed by atoms with van der Waals surface area (Å²) in [6.07, 6.45) is 7.70. The first kappa shape index (κ1) is 18.9. The number of nitrogens with zero attached hydrogens (tertiary/aromatic N) is 3. The third-order valence-electron chi connectivity index (χ3n) is 4.88. The number of amides is 1. The zero-order chi connectivity index (χ0) is 20.2. The lowest BCUT2D eigenvalue weighted by atomic mass is 10.1. The number of nitrogens with one attached hydrogen (secondary N) is 2. The smallest absolute Gasteiger partial charge is 0.297 e. The van der Waals surface area contributed by atoms with Crippen LogP contribution in [0.25, 0.3) is 5.69 Å². The number of pyridine rings is 1. The van der Waals surface area contributed by atoms with Gasteiger partial charge in [0.2, 0.25) is 0 Å². The Balaban J connectivity index is 1.54. The van der Waals surface area contributed by atoms with E-state index < -0.39 is 0 Å². The van der Waals surface area contributed by atoms with Crippen molar-refractivity contribution in [3.63, 3.8) is 0 Å². The molecule has 1 amide bonds. The number of carbonyl (C=O) groups is 1. The van der Waals surface area contributed by atoms with Crippen molar-refractivity contribution >= 4 is 11.7 Å². The third-order valence-corrected chi connectivity index (χ3v) is 4.88. The molecule has 29 heavy (non-hydrogen) atoms. The van der Waals surface area contributed by atoms with Crippen molar-refractivity contribution < 1.29 is 4.79 Å². The van der Waals surface area contributed by atoms with Crippen LogP contribution in [-0.4, -0.2) is 33.0 Å². The number of hydrogen-bond acceptors (Lipinski definition) is 5. The molecule has 1 aromatic carbocycles. The van der Waals surface area contributed by atoms with Crippen LogP contribution in [0.15, 0.2) is 59.8 Å². The lowest BCUT2D eigenvalue weighted by Gasteiger charge is -2.13. The summed E-state index contributed by atoms with van der Waals surface area (Å²) in [6.45, 7) is 2.46. The Kier molecular flexibility index (Phi) is 5.37. The monoisotopic (exact) mass is 389 g/mol. The molecule has 7 heteroatoms. The Hall–Kier alpha value is -3.48. The number of aromatic nitrogens is 3. The number of carbonyl (C=O) groups excluding carboxylic acids is 1. The lowest BCUT2D eigenvalue weighted by molar-refractivity contribution is 0.0951. The van der Waals surface area contributed by atoms with Gasteiger partial charge in [-0.3, -0.25) is 19.1 Å². The van der Waals surface area contributed by atoms with E-state index in [1.165, 1.54) is 4.57 Å². The molecule has 0 aliphatic heterocycles. The summed E-state index contributed by atoms with van der Waals surface area (Å²) in [7, 11) is 0. The van der Waals surface area contributed by atoms with E-state index in [2.05, 4.69) is 20.6 Å². The Morgan fingerprint density at radius 1 is 1.17 bits per heavy atom. The fourth-order valence-corrected chi connectivity index (χ4v) is 3.08. The molecule has 0 spiro atoms. The van der Waals surface area contributed by atoms with Gasteiger partial charge in [-0.1, -0.05) is 12.1 Å². The van der Waals surface area contributed by atoms with Crippen molar-refractivity contribution in [2.75, 3.05) is 11.9 Å². The molecule has 1 aliphatic carbocycles. The quantitative estimate of drug-likeness (QED) is 0.648. The second-order valence-electron chi connectivity index (χ2n) is 7.20. The SMILES string of the molecule is Cc1ccc(C(=O)NC2CC2)cc1-n1ccnc(NCCc2ccccn2)c1=O. The summed E-state index contributed by atoms with van der Waals surface area (Å²) in [5.41, 5.74) is 2.82. The molecule has 0 saturated heterocycles. The van der Waals surface area contributed by atoms with Gasteiger partial charge in [0, 0.05) is 48.9 Å². The van der Waals surface area contributed by atoms with Gasteiger partial charge in [-0.2, -0.15) is 0 Å². The van der Waals surface area contributed by atoms with Crippen molar-refractivity contribution in [2.24, 2.45) is 0 Å². The van der Waals surface area contributed by atoms with E-state index >= 15 is 0 Å². The summed E-state index contributed by atoms with van der Waals surface area (Å²) in [5, 5.41) is 6.08. The average molecular weight is 389 g/mol. The summed E-state index contributed by atoms with van der Waals surface area (Å²) in [4.78, 5) is 33.8. The van der Waals surface area contributed by atoms with Crippen LogP contribution in [0.5, 0.6) is 0 Å². The summed E-state index contributed by atoms with van der Waals surface area (Å²) in [6, 6.07) is 11.4. The first-order valence-electron chi connectivity index (χ1n) is 9.75. The molecule has 4 rings (SSSR count). The van der Waals surface area contributed by atoms with Crippen molar-refractivity contribution in [1.29, 1.82) is 0 Å². The molecular formula is C22H23N5O2. The molecule has 1 aliphatic rings. The highest BCUT2D eigenvalue weighted by Gasteiger charge is 2.24. The molecule has 148 valence electrons. The minimum absolute atomic E-state index is 0.107. The van der Waals surface area contributed by atoms with Gasteiger partial charge < -0.3 is 10.6 Å². The largest absolute Gasteiger partial charge is 0.365 e. The zero-order valence-corrected chi connectivity index (χ0v) is 16.3. The van der Waals surface area contributed by atoms with Crippen LogP contribution >= 0.6 is 0 Å². The minimum Gasteiger partial charge on any atom is -0.365 e. The van der Waals surface area contributed by atoms with Gasteiger partial charge in [-0.15, -0.1) is 0 Å². The van der Waals surface area contributed by atoms with E-state index in [1.807, 2.05) is 31.2 Å². The van der Waals surface area contributed by atoms with Gasteiger partial charge in [0.1, 0.15) is 0 Å². The predicted molar refractivity (Wildman–Crippen MR) is 111 cm³/mol. The van der Waals surface area contributed by atoms with Crippen LogP contribution in [0.4, 0.5) is 5.82 Å². The van der Waals surface area contributed by atoms with Gasteiger partial charge in [0.15, 0.2) is 5.82 Å². The first-order valence-corrected chi connectivity index (χ1v) is 9.75. The highest BCUT2D eigenvalue weighted by Crippen LogP contribution is 2.20. The number of benzene rings is 1. The van der Waals surface area contributed by atoms with E-state index in [0.29, 0.717) is 24.2 Å². The maximum Gasteiger partial charge on any atom is 0.297 e. The molecule has 2 N–H and O–H groups in total. The maximum atomic E-state index is 13.0. The average Bonchev–Trinajstić information content (AvgIpc) is 3.55. The van der Waals surface area contributed by atoms with E-state index in [4.69, 9.17) is 0 Å². The summed E-state index contributed by atoms with van der Waals surface area (Å²) < 4.78 is 1.53. The maximum absolute atomic E-state index is 13.0. The van der Waals surface area contributed by atoms with Crippen molar-refractivity contribution in [3.8, 4) is 5.69 Å². The Labute approximate surface area is 168 Å². The van der Waals surface area contributed by atoms with E-state index in [-0.39, 0.29) is 23.3 Å².